The second-order valence-electron chi connectivity index (χ2n) is 4.82. The van der Waals surface area contributed by atoms with E-state index in [4.69, 9.17) is 15.6 Å². The number of nitrogens with zero attached hydrogens (tertiary/aromatic N) is 1. The van der Waals surface area contributed by atoms with Gasteiger partial charge in [0, 0.05) is 19.6 Å². The van der Waals surface area contributed by atoms with Gasteiger partial charge in [-0.2, -0.15) is 0 Å². The van der Waals surface area contributed by atoms with Crippen molar-refractivity contribution >= 4 is 17.3 Å². The van der Waals surface area contributed by atoms with Gasteiger partial charge in [-0.25, -0.2) is 9.18 Å². The number of nitrogens with one attached hydrogen (secondary N) is 1. The minimum atomic E-state index is -1.26. The predicted molar refractivity (Wildman–Crippen MR) is 73.5 cm³/mol. The maximum absolute atomic E-state index is 13.3. The molecule has 20 heavy (non-hydrogen) atoms. The van der Waals surface area contributed by atoms with E-state index >= 15 is 0 Å². The molecule has 1 aliphatic heterocycles. The Hall–Kier alpha value is -1.86. The molecule has 0 aliphatic carbocycles. The maximum atomic E-state index is 13.3. The number of rotatable bonds is 4. The summed E-state index contributed by atoms with van der Waals surface area (Å²) in [6, 6.07) is 2.53. The molecule has 1 aromatic rings. The Morgan fingerprint density at radius 1 is 1.65 bits per heavy atom. The fourth-order valence-electron chi connectivity index (χ4n) is 2.19. The third-order valence-electron chi connectivity index (χ3n) is 3.27. The zero-order valence-electron chi connectivity index (χ0n) is 11.2. The molecule has 1 unspecified atom stereocenters. The topological polar surface area (TPSA) is 87.8 Å². The van der Waals surface area contributed by atoms with Crippen LogP contribution in [0.3, 0.4) is 0 Å². The zero-order chi connectivity index (χ0) is 14.7. The minimum Gasteiger partial charge on any atom is -0.478 e. The molecule has 1 saturated heterocycles. The molecular formula is C13H18FN3O3. The molecule has 0 bridgehead atoms. The van der Waals surface area contributed by atoms with E-state index in [-0.39, 0.29) is 17.4 Å². The maximum Gasteiger partial charge on any atom is 0.340 e. The summed E-state index contributed by atoms with van der Waals surface area (Å²) in [7, 11) is 1.99. The molecule has 7 heteroatoms. The number of morpholine rings is 1. The zero-order valence-corrected chi connectivity index (χ0v) is 11.2. The Labute approximate surface area is 116 Å². The largest absolute Gasteiger partial charge is 0.478 e. The van der Waals surface area contributed by atoms with Gasteiger partial charge in [-0.05, 0) is 19.2 Å². The van der Waals surface area contributed by atoms with E-state index in [0.717, 1.165) is 19.2 Å². The van der Waals surface area contributed by atoms with Crippen LogP contribution in [0.15, 0.2) is 12.1 Å². The molecular weight excluding hydrogens is 265 g/mol. The van der Waals surface area contributed by atoms with Crippen molar-refractivity contribution in [2.45, 2.75) is 6.10 Å². The van der Waals surface area contributed by atoms with E-state index < -0.39 is 11.8 Å². The first-order valence-electron chi connectivity index (χ1n) is 6.34. The molecule has 2 rings (SSSR count). The van der Waals surface area contributed by atoms with E-state index in [2.05, 4.69) is 10.2 Å². The predicted octanol–water partition coefficient (Wildman–Crippen LogP) is 0.849. The van der Waals surface area contributed by atoms with Crippen molar-refractivity contribution < 1.29 is 19.0 Å². The number of hydrogen-bond acceptors (Lipinski definition) is 5. The molecule has 0 aromatic heterocycles. The summed E-state index contributed by atoms with van der Waals surface area (Å²) >= 11 is 0. The summed E-state index contributed by atoms with van der Waals surface area (Å²) in [4.78, 5) is 13.3. The van der Waals surface area contributed by atoms with Crippen LogP contribution in [-0.4, -0.2) is 55.4 Å². The van der Waals surface area contributed by atoms with Crippen LogP contribution in [0.4, 0.5) is 15.8 Å². The monoisotopic (exact) mass is 283 g/mol. The molecule has 0 saturated carbocycles. The van der Waals surface area contributed by atoms with Crippen molar-refractivity contribution in [3.8, 4) is 0 Å². The second kappa shape index (κ2) is 6.06. The second-order valence-corrected chi connectivity index (χ2v) is 4.82. The molecule has 1 fully saturated rings. The van der Waals surface area contributed by atoms with Gasteiger partial charge in [0.05, 0.1) is 24.1 Å². The number of carboxylic acids is 1. The van der Waals surface area contributed by atoms with E-state index in [0.29, 0.717) is 18.8 Å². The van der Waals surface area contributed by atoms with Gasteiger partial charge in [0.25, 0.3) is 0 Å². The summed E-state index contributed by atoms with van der Waals surface area (Å²) in [6.07, 6.45) is -0.0401. The lowest BCUT2D eigenvalue weighted by atomic mass is 10.1. The number of nitrogens with two attached hydrogens (primary N) is 1. The van der Waals surface area contributed by atoms with Crippen LogP contribution in [0, 0.1) is 5.82 Å². The smallest absolute Gasteiger partial charge is 0.340 e. The Bertz CT molecular complexity index is 510. The number of carboxylic acid groups (broad SMARTS) is 1. The van der Waals surface area contributed by atoms with Crippen LogP contribution in [0.1, 0.15) is 10.4 Å². The van der Waals surface area contributed by atoms with Crippen molar-refractivity contribution in [1.82, 2.24) is 4.90 Å². The van der Waals surface area contributed by atoms with Crippen LogP contribution >= 0.6 is 0 Å². The van der Waals surface area contributed by atoms with Gasteiger partial charge >= 0.3 is 5.97 Å². The molecule has 0 spiro atoms. The van der Waals surface area contributed by atoms with Gasteiger partial charge in [0.2, 0.25) is 0 Å². The van der Waals surface area contributed by atoms with Crippen molar-refractivity contribution in [1.29, 1.82) is 0 Å². The molecule has 1 aromatic carbocycles. The number of aromatic carboxylic acids is 1. The Morgan fingerprint density at radius 3 is 3.05 bits per heavy atom. The minimum absolute atomic E-state index is 0.0401. The fraction of sp³-hybridized carbons (Fsp3) is 0.462. The van der Waals surface area contributed by atoms with E-state index in [9.17, 15) is 9.18 Å². The van der Waals surface area contributed by atoms with Crippen molar-refractivity contribution in [3.05, 3.63) is 23.5 Å². The lowest BCUT2D eigenvalue weighted by Gasteiger charge is -2.30. The quantitative estimate of drug-likeness (QED) is 0.710. The summed E-state index contributed by atoms with van der Waals surface area (Å²) in [5.41, 5.74) is 5.18. The Morgan fingerprint density at radius 2 is 2.40 bits per heavy atom. The Kier molecular flexibility index (Phi) is 4.41. The summed E-state index contributed by atoms with van der Waals surface area (Å²) in [5.74, 6) is -1.99. The van der Waals surface area contributed by atoms with Crippen molar-refractivity contribution in [2.24, 2.45) is 0 Å². The van der Waals surface area contributed by atoms with Crippen molar-refractivity contribution in [3.63, 3.8) is 0 Å². The van der Waals surface area contributed by atoms with Gasteiger partial charge in [0.15, 0.2) is 0 Å². The van der Waals surface area contributed by atoms with Gasteiger partial charge in [-0.3, -0.25) is 0 Å². The van der Waals surface area contributed by atoms with Gasteiger partial charge in [-0.15, -0.1) is 0 Å². The number of ether oxygens (including phenoxy) is 1. The highest BCUT2D eigenvalue weighted by atomic mass is 19.1. The van der Waals surface area contributed by atoms with Crippen LogP contribution in [0.2, 0.25) is 0 Å². The highest BCUT2D eigenvalue weighted by molar-refractivity contribution is 6.00. The average Bonchev–Trinajstić information content (AvgIpc) is 2.39. The summed E-state index contributed by atoms with van der Waals surface area (Å²) < 4.78 is 18.9. The molecule has 4 N–H and O–H groups in total. The lowest BCUT2D eigenvalue weighted by molar-refractivity contribution is -0.0117. The number of halogens is 1. The van der Waals surface area contributed by atoms with Gasteiger partial charge in [-0.1, -0.05) is 0 Å². The number of carbonyl (C=O) groups is 1. The van der Waals surface area contributed by atoms with Crippen LogP contribution in [0.25, 0.3) is 0 Å². The molecule has 0 radical (unpaired) electrons. The van der Waals surface area contributed by atoms with Gasteiger partial charge in [0.1, 0.15) is 11.4 Å². The molecule has 6 nitrogen and oxygen atoms in total. The molecule has 0 amide bonds. The van der Waals surface area contributed by atoms with Crippen LogP contribution in [-0.2, 0) is 4.74 Å². The van der Waals surface area contributed by atoms with E-state index in [1.165, 1.54) is 6.07 Å². The highest BCUT2D eigenvalue weighted by Crippen LogP contribution is 2.25. The third-order valence-corrected chi connectivity index (χ3v) is 3.27. The number of likely N-dealkylation sites (N-methyl/N-ethyl adjacent to an activating group) is 1. The lowest BCUT2D eigenvalue weighted by Crippen LogP contribution is -2.43. The number of hydrogen-bond donors (Lipinski definition) is 3. The fourth-order valence-corrected chi connectivity index (χ4v) is 2.19. The number of nitrogen functional groups attached to an aromatic ring is 1. The number of benzene rings is 1. The summed E-state index contributed by atoms with van der Waals surface area (Å²) in [6.45, 7) is 2.71. The molecule has 1 aliphatic rings. The van der Waals surface area contributed by atoms with Gasteiger partial charge < -0.3 is 25.8 Å². The molecule has 1 heterocycles. The van der Waals surface area contributed by atoms with Crippen molar-refractivity contribution in [2.75, 3.05) is 44.3 Å². The molecule has 1 atom stereocenters. The SMILES string of the molecule is CN1CCOC(CNc2ccc(F)c(N)c2C(=O)O)C1. The Balaban J connectivity index is 2.09. The summed E-state index contributed by atoms with van der Waals surface area (Å²) in [5, 5.41) is 12.1. The molecule has 110 valence electrons. The average molecular weight is 283 g/mol. The number of anilines is 2. The van der Waals surface area contributed by atoms with Crippen LogP contribution < -0.4 is 11.1 Å². The highest BCUT2D eigenvalue weighted by Gasteiger charge is 2.20. The first-order valence-corrected chi connectivity index (χ1v) is 6.34. The normalized spacial score (nSPS) is 19.8. The van der Waals surface area contributed by atoms with E-state index in [1.807, 2.05) is 7.05 Å². The first kappa shape index (κ1) is 14.5. The first-order chi connectivity index (χ1) is 9.49. The van der Waals surface area contributed by atoms with Crippen LogP contribution in [0.5, 0.6) is 0 Å². The van der Waals surface area contributed by atoms with E-state index in [1.54, 1.807) is 0 Å². The standard InChI is InChI=1S/C13H18FN3O3/c1-17-4-5-20-8(7-17)6-16-10-3-2-9(14)12(15)11(10)13(18)19/h2-3,8,16H,4-7,15H2,1H3,(H,18,19). The third kappa shape index (κ3) is 3.17.